The van der Waals surface area contributed by atoms with Gasteiger partial charge in [0.2, 0.25) is 0 Å². The lowest BCUT2D eigenvalue weighted by Gasteiger charge is -2.04. The minimum absolute atomic E-state index is 0.345. The number of esters is 2. The highest BCUT2D eigenvalue weighted by atomic mass is 16.6. The molecule has 0 spiro atoms. The first-order valence-electron chi connectivity index (χ1n) is 13.6. The zero-order chi connectivity index (χ0) is 22.8. The molecule has 182 valence electrons. The quantitative estimate of drug-likeness (QED) is 0.0693. The largest absolute Gasteiger partial charge is 0.393 e. The average Bonchev–Trinajstić information content (AvgIpc) is 2.75. The van der Waals surface area contributed by atoms with E-state index in [1.807, 2.05) is 0 Å². The van der Waals surface area contributed by atoms with Crippen molar-refractivity contribution in [3.05, 3.63) is 12.2 Å². The van der Waals surface area contributed by atoms with Crippen LogP contribution in [-0.4, -0.2) is 11.9 Å². The minimum atomic E-state index is -0.355. The first-order valence-corrected chi connectivity index (χ1v) is 13.6. The summed E-state index contributed by atoms with van der Waals surface area (Å²) >= 11 is 0. The Bertz CT molecular complexity index is 428. The van der Waals surface area contributed by atoms with Gasteiger partial charge in [-0.1, -0.05) is 116 Å². The fraction of sp³-hybridized carbons (Fsp3) is 0.857. The molecule has 0 aliphatic carbocycles. The van der Waals surface area contributed by atoms with Gasteiger partial charge < -0.3 is 4.74 Å². The maximum absolute atomic E-state index is 11.6. The van der Waals surface area contributed by atoms with Crippen LogP contribution in [0.25, 0.3) is 0 Å². The highest BCUT2D eigenvalue weighted by Gasteiger charge is 2.09. The molecule has 0 rings (SSSR count). The summed E-state index contributed by atoms with van der Waals surface area (Å²) in [6.07, 6.45) is 30.2. The maximum atomic E-state index is 11.6. The SMILES string of the molecule is CCCCCCCCC=CCCCCCCCCCCCC(=O)OC(=O)CCCCC. The van der Waals surface area contributed by atoms with E-state index in [2.05, 4.69) is 26.0 Å². The van der Waals surface area contributed by atoms with Gasteiger partial charge in [-0.3, -0.25) is 9.59 Å². The summed E-state index contributed by atoms with van der Waals surface area (Å²) in [5, 5.41) is 0. The third kappa shape index (κ3) is 25.0. The Balaban J connectivity index is 3.25. The molecule has 3 nitrogen and oxygen atoms in total. The third-order valence-corrected chi connectivity index (χ3v) is 5.85. The fourth-order valence-electron chi connectivity index (χ4n) is 3.80. The number of allylic oxidation sites excluding steroid dienone is 2. The molecule has 0 atom stereocenters. The highest BCUT2D eigenvalue weighted by Crippen LogP contribution is 2.13. The van der Waals surface area contributed by atoms with Gasteiger partial charge in [0.15, 0.2) is 0 Å². The van der Waals surface area contributed by atoms with E-state index in [-0.39, 0.29) is 11.9 Å². The van der Waals surface area contributed by atoms with Crippen molar-refractivity contribution in [2.24, 2.45) is 0 Å². The van der Waals surface area contributed by atoms with E-state index in [0.29, 0.717) is 12.8 Å². The molecule has 0 saturated carbocycles. The second-order valence-electron chi connectivity index (χ2n) is 9.05. The molecule has 0 aliphatic heterocycles. The van der Waals surface area contributed by atoms with Gasteiger partial charge in [0, 0.05) is 12.8 Å². The van der Waals surface area contributed by atoms with E-state index in [0.717, 1.165) is 32.1 Å². The van der Waals surface area contributed by atoms with Gasteiger partial charge in [-0.25, -0.2) is 0 Å². The van der Waals surface area contributed by atoms with Crippen LogP contribution in [0.1, 0.15) is 155 Å². The lowest BCUT2D eigenvalue weighted by Crippen LogP contribution is -2.11. The molecular weight excluding hydrogens is 384 g/mol. The Labute approximate surface area is 193 Å². The van der Waals surface area contributed by atoms with Crippen LogP contribution in [0.5, 0.6) is 0 Å². The molecule has 0 aromatic heterocycles. The van der Waals surface area contributed by atoms with E-state index in [1.54, 1.807) is 0 Å². The van der Waals surface area contributed by atoms with E-state index in [4.69, 9.17) is 4.74 Å². The number of ether oxygens (including phenoxy) is 1. The molecule has 0 amide bonds. The van der Waals surface area contributed by atoms with E-state index < -0.39 is 0 Å². The molecule has 0 bridgehead atoms. The summed E-state index contributed by atoms with van der Waals surface area (Å²) in [5.41, 5.74) is 0. The molecular formula is C28H52O3. The van der Waals surface area contributed by atoms with Gasteiger partial charge in [0.25, 0.3) is 0 Å². The molecule has 0 heterocycles. The van der Waals surface area contributed by atoms with Crippen molar-refractivity contribution in [2.45, 2.75) is 155 Å². The van der Waals surface area contributed by atoms with Crippen LogP contribution < -0.4 is 0 Å². The summed E-state index contributed by atoms with van der Waals surface area (Å²) < 4.78 is 4.85. The first kappa shape index (κ1) is 29.9. The molecule has 0 saturated heterocycles. The molecule has 0 fully saturated rings. The van der Waals surface area contributed by atoms with Crippen LogP contribution in [0.15, 0.2) is 12.2 Å². The van der Waals surface area contributed by atoms with Crippen molar-refractivity contribution in [1.29, 1.82) is 0 Å². The van der Waals surface area contributed by atoms with Crippen molar-refractivity contribution in [1.82, 2.24) is 0 Å². The Morgan fingerprint density at radius 2 is 0.806 bits per heavy atom. The molecule has 0 N–H and O–H groups in total. The van der Waals surface area contributed by atoms with Crippen LogP contribution in [0.2, 0.25) is 0 Å². The molecule has 0 aromatic rings. The predicted octanol–water partition coefficient (Wildman–Crippen LogP) is 9.23. The number of hydrogen-bond acceptors (Lipinski definition) is 3. The number of carbonyl (C=O) groups excluding carboxylic acids is 2. The van der Waals surface area contributed by atoms with Crippen molar-refractivity contribution < 1.29 is 14.3 Å². The van der Waals surface area contributed by atoms with Gasteiger partial charge >= 0.3 is 11.9 Å². The van der Waals surface area contributed by atoms with E-state index in [9.17, 15) is 9.59 Å². The van der Waals surface area contributed by atoms with Crippen LogP contribution in [0.4, 0.5) is 0 Å². The number of hydrogen-bond donors (Lipinski definition) is 0. The predicted molar refractivity (Wildman–Crippen MR) is 133 cm³/mol. The zero-order valence-corrected chi connectivity index (χ0v) is 20.9. The Hall–Kier alpha value is -1.12. The van der Waals surface area contributed by atoms with Crippen LogP contribution in [0.3, 0.4) is 0 Å². The number of rotatable bonds is 23. The topological polar surface area (TPSA) is 43.4 Å². The highest BCUT2D eigenvalue weighted by molar-refractivity contribution is 5.85. The summed E-state index contributed by atoms with van der Waals surface area (Å²) in [7, 11) is 0. The van der Waals surface area contributed by atoms with Gasteiger partial charge in [0.1, 0.15) is 0 Å². The summed E-state index contributed by atoms with van der Waals surface area (Å²) in [6, 6.07) is 0. The van der Waals surface area contributed by atoms with Crippen LogP contribution >= 0.6 is 0 Å². The molecule has 0 radical (unpaired) electrons. The third-order valence-electron chi connectivity index (χ3n) is 5.85. The van der Waals surface area contributed by atoms with Crippen molar-refractivity contribution in [3.63, 3.8) is 0 Å². The lowest BCUT2D eigenvalue weighted by atomic mass is 10.1. The second-order valence-corrected chi connectivity index (χ2v) is 9.05. The smallest absolute Gasteiger partial charge is 0.313 e. The number of carbonyl (C=O) groups is 2. The van der Waals surface area contributed by atoms with Gasteiger partial charge in [-0.15, -0.1) is 0 Å². The standard InChI is InChI=1S/C28H52O3/c1-3-5-7-8-9-10-11-12-13-14-15-16-17-18-19-20-21-22-24-26-28(30)31-27(29)25-23-6-4-2/h12-13H,3-11,14-26H2,1-2H3. The van der Waals surface area contributed by atoms with Gasteiger partial charge in [-0.05, 0) is 38.5 Å². The van der Waals surface area contributed by atoms with Crippen molar-refractivity contribution >= 4 is 11.9 Å². The normalized spacial score (nSPS) is 11.3. The molecule has 0 unspecified atom stereocenters. The van der Waals surface area contributed by atoms with Gasteiger partial charge in [-0.2, -0.15) is 0 Å². The zero-order valence-electron chi connectivity index (χ0n) is 20.9. The molecule has 3 heteroatoms. The maximum Gasteiger partial charge on any atom is 0.313 e. The summed E-state index contributed by atoms with van der Waals surface area (Å²) in [5.74, 6) is -0.700. The Morgan fingerprint density at radius 3 is 1.26 bits per heavy atom. The Morgan fingerprint density at radius 1 is 0.484 bits per heavy atom. The molecule has 31 heavy (non-hydrogen) atoms. The number of unbranched alkanes of at least 4 members (excludes halogenated alkanes) is 17. The first-order chi connectivity index (χ1) is 15.2. The van der Waals surface area contributed by atoms with E-state index >= 15 is 0 Å². The summed E-state index contributed by atoms with van der Waals surface area (Å²) in [4.78, 5) is 23.1. The monoisotopic (exact) mass is 436 g/mol. The summed E-state index contributed by atoms with van der Waals surface area (Å²) in [6.45, 7) is 4.36. The van der Waals surface area contributed by atoms with Crippen molar-refractivity contribution in [3.8, 4) is 0 Å². The van der Waals surface area contributed by atoms with Crippen LogP contribution in [-0.2, 0) is 14.3 Å². The van der Waals surface area contributed by atoms with Crippen molar-refractivity contribution in [2.75, 3.05) is 0 Å². The van der Waals surface area contributed by atoms with Crippen LogP contribution in [0, 0.1) is 0 Å². The van der Waals surface area contributed by atoms with E-state index in [1.165, 1.54) is 96.3 Å². The molecule has 0 aliphatic rings. The minimum Gasteiger partial charge on any atom is -0.393 e. The fourth-order valence-corrected chi connectivity index (χ4v) is 3.80. The lowest BCUT2D eigenvalue weighted by molar-refractivity contribution is -0.159. The molecule has 0 aromatic carbocycles. The van der Waals surface area contributed by atoms with Gasteiger partial charge in [0.05, 0.1) is 0 Å². The average molecular weight is 437 g/mol. The Kier molecular flexibility index (Phi) is 24.2. The second kappa shape index (κ2) is 25.1.